The molecule has 0 unspecified atom stereocenters. The fourth-order valence-electron chi connectivity index (χ4n) is 1.28. The van der Waals surface area contributed by atoms with Crippen molar-refractivity contribution in [2.45, 2.75) is 13.0 Å². The molecule has 76 valence electrons. The predicted octanol–water partition coefficient (Wildman–Crippen LogP) is -0.0110. The highest BCUT2D eigenvalue weighted by Crippen LogP contribution is 2.15. The van der Waals surface area contributed by atoms with E-state index in [4.69, 9.17) is 10.0 Å². The maximum atomic E-state index is 9.01. The Balaban J connectivity index is 2.93. The van der Waals surface area contributed by atoms with Gasteiger partial charge in [-0.2, -0.15) is 0 Å². The van der Waals surface area contributed by atoms with Crippen molar-refractivity contribution in [3.8, 4) is 0 Å². The standard InChI is InChI=1S/C10H16BNO2/c1-8(12(2)3)9-5-4-6-10(7-9)11(13)14/h4-8,13-14H,1-3H3/t8-/m1/s1. The minimum atomic E-state index is -1.38. The number of rotatable bonds is 3. The summed E-state index contributed by atoms with van der Waals surface area (Å²) in [5, 5.41) is 18.0. The molecule has 0 heterocycles. The lowest BCUT2D eigenvalue weighted by Crippen LogP contribution is -2.30. The Kier molecular flexibility index (Phi) is 3.69. The number of nitrogens with zero attached hydrogens (tertiary/aromatic N) is 1. The molecule has 0 saturated heterocycles. The molecule has 0 aliphatic heterocycles. The average Bonchev–Trinajstić information content (AvgIpc) is 2.16. The van der Waals surface area contributed by atoms with Crippen LogP contribution in [-0.2, 0) is 0 Å². The minimum absolute atomic E-state index is 0.272. The molecule has 0 aliphatic rings. The van der Waals surface area contributed by atoms with Crippen LogP contribution in [-0.4, -0.2) is 36.2 Å². The second-order valence-corrected chi connectivity index (χ2v) is 3.68. The minimum Gasteiger partial charge on any atom is -0.423 e. The molecule has 0 radical (unpaired) electrons. The molecule has 4 heteroatoms. The summed E-state index contributed by atoms with van der Waals surface area (Å²) in [5.74, 6) is 0. The molecule has 0 amide bonds. The van der Waals surface area contributed by atoms with Gasteiger partial charge in [-0.25, -0.2) is 0 Å². The van der Waals surface area contributed by atoms with E-state index in [1.54, 1.807) is 6.07 Å². The first-order valence-electron chi connectivity index (χ1n) is 4.65. The second-order valence-electron chi connectivity index (χ2n) is 3.68. The van der Waals surface area contributed by atoms with Crippen molar-refractivity contribution >= 4 is 12.6 Å². The maximum absolute atomic E-state index is 9.01. The molecule has 0 aliphatic carbocycles. The first-order chi connectivity index (χ1) is 6.52. The van der Waals surface area contributed by atoms with E-state index in [0.29, 0.717) is 5.46 Å². The zero-order chi connectivity index (χ0) is 10.7. The van der Waals surface area contributed by atoms with Gasteiger partial charge in [-0.05, 0) is 32.0 Å². The van der Waals surface area contributed by atoms with Crippen LogP contribution in [0.2, 0.25) is 0 Å². The first kappa shape index (κ1) is 11.2. The smallest absolute Gasteiger partial charge is 0.423 e. The lowest BCUT2D eigenvalue weighted by molar-refractivity contribution is 0.321. The van der Waals surface area contributed by atoms with Crippen molar-refractivity contribution < 1.29 is 10.0 Å². The molecule has 1 atom stereocenters. The second kappa shape index (κ2) is 4.60. The summed E-state index contributed by atoms with van der Waals surface area (Å²) in [4.78, 5) is 2.07. The largest absolute Gasteiger partial charge is 0.488 e. The van der Waals surface area contributed by atoms with Crippen molar-refractivity contribution in [2.24, 2.45) is 0 Å². The van der Waals surface area contributed by atoms with Crippen molar-refractivity contribution in [2.75, 3.05) is 14.1 Å². The van der Waals surface area contributed by atoms with Crippen molar-refractivity contribution in [1.29, 1.82) is 0 Å². The van der Waals surface area contributed by atoms with Gasteiger partial charge in [0.25, 0.3) is 0 Å². The van der Waals surface area contributed by atoms with Crippen LogP contribution in [0.5, 0.6) is 0 Å². The lowest BCUT2D eigenvalue weighted by Gasteiger charge is -2.20. The molecule has 0 fully saturated rings. The van der Waals surface area contributed by atoms with E-state index in [1.807, 2.05) is 32.3 Å². The van der Waals surface area contributed by atoms with Crippen molar-refractivity contribution in [3.63, 3.8) is 0 Å². The third-order valence-corrected chi connectivity index (χ3v) is 2.47. The van der Waals surface area contributed by atoms with E-state index in [0.717, 1.165) is 5.56 Å². The van der Waals surface area contributed by atoms with Gasteiger partial charge in [-0.3, -0.25) is 0 Å². The topological polar surface area (TPSA) is 43.7 Å². The molecule has 2 N–H and O–H groups in total. The molecule has 0 spiro atoms. The van der Waals surface area contributed by atoms with E-state index in [9.17, 15) is 0 Å². The first-order valence-corrected chi connectivity index (χ1v) is 4.65. The van der Waals surface area contributed by atoms with Gasteiger partial charge < -0.3 is 14.9 Å². The average molecular weight is 193 g/mol. The van der Waals surface area contributed by atoms with E-state index >= 15 is 0 Å². The molecule has 14 heavy (non-hydrogen) atoms. The Morgan fingerprint density at radius 2 is 1.93 bits per heavy atom. The van der Waals surface area contributed by atoms with Crippen molar-refractivity contribution in [1.82, 2.24) is 4.90 Å². The van der Waals surface area contributed by atoms with Crippen LogP contribution in [0.25, 0.3) is 0 Å². The Morgan fingerprint density at radius 1 is 1.29 bits per heavy atom. The van der Waals surface area contributed by atoms with Crippen LogP contribution >= 0.6 is 0 Å². The van der Waals surface area contributed by atoms with Crippen LogP contribution in [0, 0.1) is 0 Å². The van der Waals surface area contributed by atoms with Gasteiger partial charge in [0.1, 0.15) is 0 Å². The van der Waals surface area contributed by atoms with E-state index < -0.39 is 7.12 Å². The van der Waals surface area contributed by atoms with Gasteiger partial charge >= 0.3 is 7.12 Å². The van der Waals surface area contributed by atoms with Crippen LogP contribution in [0.3, 0.4) is 0 Å². The highest BCUT2D eigenvalue weighted by atomic mass is 16.4. The quantitative estimate of drug-likeness (QED) is 0.663. The zero-order valence-corrected chi connectivity index (χ0v) is 8.81. The van der Waals surface area contributed by atoms with Gasteiger partial charge in [-0.1, -0.05) is 24.3 Å². The Morgan fingerprint density at radius 3 is 2.43 bits per heavy atom. The summed E-state index contributed by atoms with van der Waals surface area (Å²) in [6, 6.07) is 7.61. The number of benzene rings is 1. The van der Waals surface area contributed by atoms with E-state index in [2.05, 4.69) is 11.8 Å². The third-order valence-electron chi connectivity index (χ3n) is 2.47. The highest BCUT2D eigenvalue weighted by molar-refractivity contribution is 6.58. The summed E-state index contributed by atoms with van der Waals surface area (Å²) >= 11 is 0. The van der Waals surface area contributed by atoms with E-state index in [-0.39, 0.29) is 6.04 Å². The molecular weight excluding hydrogens is 177 g/mol. The van der Waals surface area contributed by atoms with Gasteiger partial charge in [-0.15, -0.1) is 0 Å². The lowest BCUT2D eigenvalue weighted by atomic mass is 9.79. The Hall–Kier alpha value is -0.835. The number of hydrogen-bond acceptors (Lipinski definition) is 3. The predicted molar refractivity (Wildman–Crippen MR) is 58.4 cm³/mol. The molecule has 0 aromatic heterocycles. The summed E-state index contributed by atoms with van der Waals surface area (Å²) in [6.45, 7) is 2.07. The summed E-state index contributed by atoms with van der Waals surface area (Å²) in [5.41, 5.74) is 1.62. The van der Waals surface area contributed by atoms with Crippen molar-refractivity contribution in [3.05, 3.63) is 29.8 Å². The zero-order valence-electron chi connectivity index (χ0n) is 8.81. The number of hydrogen-bond donors (Lipinski definition) is 2. The molecule has 3 nitrogen and oxygen atoms in total. The Labute approximate surface area is 85.1 Å². The van der Waals surface area contributed by atoms with Crippen LogP contribution in [0.4, 0.5) is 0 Å². The monoisotopic (exact) mass is 193 g/mol. The summed E-state index contributed by atoms with van der Waals surface area (Å²) in [6.07, 6.45) is 0. The van der Waals surface area contributed by atoms with E-state index in [1.165, 1.54) is 0 Å². The fourth-order valence-corrected chi connectivity index (χ4v) is 1.28. The third kappa shape index (κ3) is 2.58. The SMILES string of the molecule is C[C@H](c1cccc(B(O)O)c1)N(C)C. The fraction of sp³-hybridized carbons (Fsp3) is 0.400. The summed E-state index contributed by atoms with van der Waals surface area (Å²) in [7, 11) is 2.60. The molecule has 0 bridgehead atoms. The maximum Gasteiger partial charge on any atom is 0.488 e. The molecule has 1 aromatic rings. The molecular formula is C10H16BNO2. The molecule has 1 rings (SSSR count). The van der Waals surface area contributed by atoms with Crippen LogP contribution in [0.15, 0.2) is 24.3 Å². The van der Waals surface area contributed by atoms with Crippen LogP contribution in [0.1, 0.15) is 18.5 Å². The van der Waals surface area contributed by atoms with Crippen LogP contribution < -0.4 is 5.46 Å². The highest BCUT2D eigenvalue weighted by Gasteiger charge is 2.13. The Bertz CT molecular complexity index is 302. The molecule has 0 saturated carbocycles. The van der Waals surface area contributed by atoms with Gasteiger partial charge in [0.2, 0.25) is 0 Å². The van der Waals surface area contributed by atoms with Gasteiger partial charge in [0, 0.05) is 6.04 Å². The normalized spacial score (nSPS) is 13.0. The summed E-state index contributed by atoms with van der Waals surface area (Å²) < 4.78 is 0. The molecule has 1 aromatic carbocycles. The van der Waals surface area contributed by atoms with Gasteiger partial charge in [0.05, 0.1) is 0 Å². The van der Waals surface area contributed by atoms with Gasteiger partial charge in [0.15, 0.2) is 0 Å².